The van der Waals surface area contributed by atoms with Gasteiger partial charge in [0.15, 0.2) is 17.5 Å². The number of aromatic nitrogens is 2. The minimum absolute atomic E-state index is 0.269. The highest BCUT2D eigenvalue weighted by Crippen LogP contribution is 2.24. The van der Waals surface area contributed by atoms with Crippen molar-refractivity contribution in [1.82, 2.24) is 9.97 Å². The van der Waals surface area contributed by atoms with Gasteiger partial charge >= 0.3 is 0 Å². The summed E-state index contributed by atoms with van der Waals surface area (Å²) in [4.78, 5) is 8.56. The Morgan fingerprint density at radius 2 is 1.89 bits per heavy atom. The first-order valence-corrected chi connectivity index (χ1v) is 6.38. The van der Waals surface area contributed by atoms with Gasteiger partial charge in [-0.3, -0.25) is 0 Å². The molecule has 0 atom stereocenters. The van der Waals surface area contributed by atoms with Crippen molar-refractivity contribution in [3.63, 3.8) is 0 Å². The van der Waals surface area contributed by atoms with Crippen LogP contribution in [0.5, 0.6) is 0 Å². The Balaban J connectivity index is 2.59. The number of anilines is 1. The van der Waals surface area contributed by atoms with Crippen LogP contribution in [0.2, 0.25) is 0 Å². The molecule has 1 heterocycles. The number of nitrogens with zero attached hydrogens (tertiary/aromatic N) is 2. The summed E-state index contributed by atoms with van der Waals surface area (Å²) in [6.07, 6.45) is 0. The van der Waals surface area contributed by atoms with E-state index in [1.54, 1.807) is 6.92 Å². The highest BCUT2D eigenvalue weighted by atomic mass is 19.1. The van der Waals surface area contributed by atoms with Gasteiger partial charge in [-0.1, -0.05) is 17.7 Å². The van der Waals surface area contributed by atoms with Crippen molar-refractivity contribution in [2.75, 3.05) is 11.9 Å². The quantitative estimate of drug-likeness (QED) is 0.914. The number of hydrogen-bond acceptors (Lipinski definition) is 3. The SMILES string of the molecule is CCNc1nc(-c2cc(C)ccc2C)nc(C)c1F. The number of hydrogen-bond donors (Lipinski definition) is 1. The summed E-state index contributed by atoms with van der Waals surface area (Å²) in [7, 11) is 0. The van der Waals surface area contributed by atoms with Crippen LogP contribution in [-0.2, 0) is 0 Å². The topological polar surface area (TPSA) is 37.8 Å². The lowest BCUT2D eigenvalue weighted by atomic mass is 10.1. The van der Waals surface area contributed by atoms with E-state index in [0.717, 1.165) is 16.7 Å². The lowest BCUT2D eigenvalue weighted by Gasteiger charge is -2.11. The van der Waals surface area contributed by atoms with Crippen molar-refractivity contribution in [2.24, 2.45) is 0 Å². The lowest BCUT2D eigenvalue weighted by Crippen LogP contribution is -2.07. The Hall–Kier alpha value is -1.97. The summed E-state index contributed by atoms with van der Waals surface area (Å²) in [6.45, 7) is 8.22. The summed E-state index contributed by atoms with van der Waals surface area (Å²) in [5.74, 6) is 0.456. The summed E-state index contributed by atoms with van der Waals surface area (Å²) in [5, 5.41) is 2.93. The van der Waals surface area contributed by atoms with E-state index in [0.29, 0.717) is 18.1 Å². The standard InChI is InChI=1S/C15H18FN3/c1-5-17-15-13(16)11(4)18-14(19-15)12-8-9(2)6-7-10(12)3/h6-8H,5H2,1-4H3,(H,17,18,19). The molecule has 19 heavy (non-hydrogen) atoms. The van der Waals surface area contributed by atoms with Crippen molar-refractivity contribution in [1.29, 1.82) is 0 Å². The van der Waals surface area contributed by atoms with E-state index >= 15 is 0 Å². The van der Waals surface area contributed by atoms with E-state index < -0.39 is 0 Å². The van der Waals surface area contributed by atoms with E-state index in [1.165, 1.54) is 0 Å². The zero-order valence-electron chi connectivity index (χ0n) is 11.7. The van der Waals surface area contributed by atoms with Gasteiger partial charge in [-0.05, 0) is 39.3 Å². The second kappa shape index (κ2) is 5.34. The van der Waals surface area contributed by atoms with E-state index in [1.807, 2.05) is 39.0 Å². The van der Waals surface area contributed by atoms with Gasteiger partial charge in [0.1, 0.15) is 0 Å². The average molecular weight is 259 g/mol. The summed E-state index contributed by atoms with van der Waals surface area (Å²) >= 11 is 0. The molecule has 1 aromatic heterocycles. The third-order valence-corrected chi connectivity index (χ3v) is 3.00. The fraction of sp³-hybridized carbons (Fsp3) is 0.333. The molecule has 0 spiro atoms. The molecule has 0 saturated heterocycles. The monoisotopic (exact) mass is 259 g/mol. The summed E-state index contributed by atoms with van der Waals surface area (Å²) in [6, 6.07) is 6.10. The predicted octanol–water partition coefficient (Wildman–Crippen LogP) is 3.64. The first kappa shape index (κ1) is 13.5. The Kier molecular flexibility index (Phi) is 3.79. The molecule has 4 heteroatoms. The van der Waals surface area contributed by atoms with Crippen LogP contribution in [0, 0.1) is 26.6 Å². The van der Waals surface area contributed by atoms with Crippen LogP contribution < -0.4 is 5.32 Å². The highest BCUT2D eigenvalue weighted by molar-refractivity contribution is 5.63. The van der Waals surface area contributed by atoms with Gasteiger partial charge in [0.05, 0.1) is 5.69 Å². The minimum Gasteiger partial charge on any atom is -0.368 e. The van der Waals surface area contributed by atoms with Crippen LogP contribution in [0.15, 0.2) is 18.2 Å². The maximum Gasteiger partial charge on any atom is 0.186 e. The largest absolute Gasteiger partial charge is 0.368 e. The molecule has 2 rings (SSSR count). The first-order valence-electron chi connectivity index (χ1n) is 6.38. The summed E-state index contributed by atoms with van der Waals surface area (Å²) < 4.78 is 13.9. The second-order valence-corrected chi connectivity index (χ2v) is 4.64. The van der Waals surface area contributed by atoms with Crippen LogP contribution >= 0.6 is 0 Å². The van der Waals surface area contributed by atoms with Crippen molar-refractivity contribution in [2.45, 2.75) is 27.7 Å². The van der Waals surface area contributed by atoms with E-state index in [-0.39, 0.29) is 11.6 Å². The van der Waals surface area contributed by atoms with Crippen LogP contribution in [0.25, 0.3) is 11.4 Å². The van der Waals surface area contributed by atoms with Gasteiger partial charge in [0, 0.05) is 12.1 Å². The fourth-order valence-corrected chi connectivity index (χ4v) is 1.94. The third kappa shape index (κ3) is 2.72. The molecule has 1 N–H and O–H groups in total. The third-order valence-electron chi connectivity index (χ3n) is 3.00. The molecular formula is C15H18FN3. The molecular weight excluding hydrogens is 241 g/mol. The Morgan fingerprint density at radius 1 is 1.16 bits per heavy atom. The van der Waals surface area contributed by atoms with Crippen molar-refractivity contribution in [3.05, 3.63) is 40.8 Å². The second-order valence-electron chi connectivity index (χ2n) is 4.64. The number of nitrogens with one attached hydrogen (secondary N) is 1. The van der Waals surface area contributed by atoms with Crippen LogP contribution in [0.1, 0.15) is 23.7 Å². The van der Waals surface area contributed by atoms with Crippen LogP contribution in [0.4, 0.5) is 10.2 Å². The molecule has 0 fully saturated rings. The molecule has 0 aliphatic rings. The van der Waals surface area contributed by atoms with Crippen molar-refractivity contribution in [3.8, 4) is 11.4 Å². The average Bonchev–Trinajstić information content (AvgIpc) is 2.38. The van der Waals surface area contributed by atoms with Gasteiger partial charge < -0.3 is 5.32 Å². The van der Waals surface area contributed by atoms with E-state index in [9.17, 15) is 4.39 Å². The van der Waals surface area contributed by atoms with Gasteiger partial charge in [-0.25, -0.2) is 14.4 Å². The molecule has 0 unspecified atom stereocenters. The fourth-order valence-electron chi connectivity index (χ4n) is 1.94. The number of halogens is 1. The lowest BCUT2D eigenvalue weighted by molar-refractivity contribution is 0.606. The predicted molar refractivity (Wildman–Crippen MR) is 75.8 cm³/mol. The molecule has 3 nitrogen and oxygen atoms in total. The number of aryl methyl sites for hydroxylation is 3. The molecule has 0 saturated carbocycles. The smallest absolute Gasteiger partial charge is 0.186 e. The van der Waals surface area contributed by atoms with Gasteiger partial charge in [0.2, 0.25) is 0 Å². The molecule has 0 aliphatic carbocycles. The maximum atomic E-state index is 13.9. The summed E-state index contributed by atoms with van der Waals surface area (Å²) in [5.41, 5.74) is 3.53. The Bertz CT molecular complexity index is 609. The van der Waals surface area contributed by atoms with Crippen molar-refractivity contribution >= 4 is 5.82 Å². The number of rotatable bonds is 3. The molecule has 0 amide bonds. The Labute approximate surface area is 112 Å². The molecule has 0 aliphatic heterocycles. The molecule has 100 valence electrons. The highest BCUT2D eigenvalue weighted by Gasteiger charge is 2.13. The number of benzene rings is 1. The van der Waals surface area contributed by atoms with E-state index in [4.69, 9.17) is 0 Å². The zero-order chi connectivity index (χ0) is 14.0. The van der Waals surface area contributed by atoms with Crippen LogP contribution in [-0.4, -0.2) is 16.5 Å². The van der Waals surface area contributed by atoms with Gasteiger partial charge in [-0.15, -0.1) is 0 Å². The zero-order valence-corrected chi connectivity index (χ0v) is 11.7. The van der Waals surface area contributed by atoms with Crippen LogP contribution in [0.3, 0.4) is 0 Å². The molecule has 1 aromatic carbocycles. The van der Waals surface area contributed by atoms with Crippen molar-refractivity contribution < 1.29 is 4.39 Å². The van der Waals surface area contributed by atoms with Gasteiger partial charge in [-0.2, -0.15) is 0 Å². The van der Waals surface area contributed by atoms with E-state index in [2.05, 4.69) is 15.3 Å². The molecule has 0 bridgehead atoms. The maximum absolute atomic E-state index is 13.9. The molecule has 2 aromatic rings. The normalized spacial score (nSPS) is 10.6. The minimum atomic E-state index is -0.379. The first-order chi connectivity index (χ1) is 9.02. The van der Waals surface area contributed by atoms with Gasteiger partial charge in [0.25, 0.3) is 0 Å². The molecule has 0 radical (unpaired) electrons. The Morgan fingerprint density at radius 3 is 2.58 bits per heavy atom.